The Bertz CT molecular complexity index is 353. The van der Waals surface area contributed by atoms with Gasteiger partial charge in [-0.1, -0.05) is 0 Å². The third-order valence-electron chi connectivity index (χ3n) is 1.61. The van der Waals surface area contributed by atoms with Crippen LogP contribution in [0.4, 0.5) is 0 Å². The smallest absolute Gasteiger partial charge is 0.252 e. The maximum Gasteiger partial charge on any atom is 0.252 e. The van der Waals surface area contributed by atoms with Crippen molar-refractivity contribution in [1.82, 2.24) is 5.32 Å². The highest BCUT2D eigenvalue weighted by atomic mass is 79.9. The van der Waals surface area contributed by atoms with Crippen LogP contribution in [0.25, 0.3) is 0 Å². The second kappa shape index (κ2) is 5.84. The summed E-state index contributed by atoms with van der Waals surface area (Å²) in [5.74, 6) is 2.49. The molecule has 2 nitrogen and oxygen atoms in total. The Morgan fingerprint density at radius 3 is 3.07 bits per heavy atom. The zero-order valence-corrected chi connectivity index (χ0v) is 9.95. The quantitative estimate of drug-likeness (QED) is 0.662. The molecule has 0 aliphatic carbocycles. The van der Waals surface area contributed by atoms with Crippen LogP contribution in [0, 0.1) is 12.3 Å². The Kier molecular flexibility index (Phi) is 4.71. The van der Waals surface area contributed by atoms with Gasteiger partial charge in [0.05, 0.1) is 9.35 Å². The fraction of sp³-hybridized carbons (Fsp3) is 0.300. The lowest BCUT2D eigenvalue weighted by atomic mass is 10.3. The van der Waals surface area contributed by atoms with E-state index in [1.807, 2.05) is 5.38 Å². The van der Waals surface area contributed by atoms with Crippen LogP contribution >= 0.6 is 27.3 Å². The molecule has 0 radical (unpaired) electrons. The van der Waals surface area contributed by atoms with Crippen LogP contribution in [0.1, 0.15) is 23.2 Å². The van der Waals surface area contributed by atoms with Gasteiger partial charge in [0.25, 0.3) is 5.91 Å². The molecule has 0 fully saturated rings. The molecule has 1 aromatic heterocycles. The van der Waals surface area contributed by atoms with Crippen LogP contribution in [-0.4, -0.2) is 12.5 Å². The van der Waals surface area contributed by atoms with Crippen molar-refractivity contribution in [2.75, 3.05) is 6.54 Å². The SMILES string of the molecule is C#CCCCNC(=O)c1csc(Br)c1. The summed E-state index contributed by atoms with van der Waals surface area (Å²) < 4.78 is 0.964. The van der Waals surface area contributed by atoms with Crippen LogP contribution in [-0.2, 0) is 0 Å². The summed E-state index contributed by atoms with van der Waals surface area (Å²) in [7, 11) is 0. The first-order valence-electron chi connectivity index (χ1n) is 4.19. The molecule has 1 amide bonds. The van der Waals surface area contributed by atoms with Crippen LogP contribution in [0.5, 0.6) is 0 Å². The van der Waals surface area contributed by atoms with E-state index in [2.05, 4.69) is 27.2 Å². The molecule has 0 saturated heterocycles. The van der Waals surface area contributed by atoms with Crippen molar-refractivity contribution in [3.63, 3.8) is 0 Å². The van der Waals surface area contributed by atoms with Crippen molar-refractivity contribution >= 4 is 33.2 Å². The van der Waals surface area contributed by atoms with Crippen LogP contribution in [0.15, 0.2) is 15.2 Å². The summed E-state index contributed by atoms with van der Waals surface area (Å²) >= 11 is 4.81. The molecule has 0 saturated carbocycles. The van der Waals surface area contributed by atoms with Gasteiger partial charge in [-0.3, -0.25) is 4.79 Å². The van der Waals surface area contributed by atoms with Gasteiger partial charge in [0.2, 0.25) is 0 Å². The lowest BCUT2D eigenvalue weighted by Crippen LogP contribution is -2.23. The van der Waals surface area contributed by atoms with Gasteiger partial charge in [-0.15, -0.1) is 23.7 Å². The molecule has 0 bridgehead atoms. The number of rotatable bonds is 4. The van der Waals surface area contributed by atoms with Gasteiger partial charge >= 0.3 is 0 Å². The zero-order chi connectivity index (χ0) is 10.4. The van der Waals surface area contributed by atoms with Crippen molar-refractivity contribution in [2.45, 2.75) is 12.8 Å². The lowest BCUT2D eigenvalue weighted by molar-refractivity contribution is 0.0954. The van der Waals surface area contributed by atoms with Crippen molar-refractivity contribution in [2.24, 2.45) is 0 Å². The first-order chi connectivity index (χ1) is 6.74. The van der Waals surface area contributed by atoms with E-state index in [1.165, 1.54) is 11.3 Å². The molecule has 0 atom stereocenters. The van der Waals surface area contributed by atoms with E-state index in [9.17, 15) is 4.79 Å². The molecule has 0 aliphatic rings. The Labute approximate surface area is 95.8 Å². The third-order valence-corrected chi connectivity index (χ3v) is 3.12. The van der Waals surface area contributed by atoms with E-state index in [0.29, 0.717) is 18.5 Å². The Hall–Kier alpha value is -0.790. The first kappa shape index (κ1) is 11.3. The monoisotopic (exact) mass is 271 g/mol. The molecule has 1 aromatic rings. The summed E-state index contributed by atoms with van der Waals surface area (Å²) in [5, 5.41) is 4.62. The number of carbonyl (C=O) groups is 1. The maximum absolute atomic E-state index is 11.4. The summed E-state index contributed by atoms with van der Waals surface area (Å²) in [6.07, 6.45) is 6.62. The standard InChI is InChI=1S/C10H10BrNOS/c1-2-3-4-5-12-10(13)8-6-9(11)14-7-8/h1,6-7H,3-5H2,(H,12,13). The van der Waals surface area contributed by atoms with E-state index in [1.54, 1.807) is 6.07 Å². The molecular formula is C10H10BrNOS. The highest BCUT2D eigenvalue weighted by Crippen LogP contribution is 2.20. The Morgan fingerprint density at radius 2 is 2.50 bits per heavy atom. The molecule has 14 heavy (non-hydrogen) atoms. The number of carbonyl (C=O) groups excluding carboxylic acids is 1. The van der Waals surface area contributed by atoms with Crippen LogP contribution in [0.2, 0.25) is 0 Å². The lowest BCUT2D eigenvalue weighted by Gasteiger charge is -2.00. The summed E-state index contributed by atoms with van der Waals surface area (Å²) in [6, 6.07) is 1.81. The molecular weight excluding hydrogens is 262 g/mol. The van der Waals surface area contributed by atoms with E-state index in [-0.39, 0.29) is 5.91 Å². The Morgan fingerprint density at radius 1 is 1.71 bits per heavy atom. The van der Waals surface area contributed by atoms with Crippen LogP contribution < -0.4 is 5.32 Å². The van der Waals surface area contributed by atoms with Gasteiger partial charge in [-0.05, 0) is 28.4 Å². The topological polar surface area (TPSA) is 29.1 Å². The second-order valence-electron chi connectivity index (χ2n) is 2.70. The molecule has 0 aliphatic heterocycles. The molecule has 1 rings (SSSR count). The summed E-state index contributed by atoms with van der Waals surface area (Å²) in [5.41, 5.74) is 0.697. The first-order valence-corrected chi connectivity index (χ1v) is 5.87. The summed E-state index contributed by atoms with van der Waals surface area (Å²) in [4.78, 5) is 11.4. The van der Waals surface area contributed by atoms with Gasteiger partial charge < -0.3 is 5.32 Å². The van der Waals surface area contributed by atoms with Crippen molar-refractivity contribution in [1.29, 1.82) is 0 Å². The van der Waals surface area contributed by atoms with E-state index in [4.69, 9.17) is 6.42 Å². The molecule has 0 spiro atoms. The van der Waals surface area contributed by atoms with Crippen molar-refractivity contribution in [3.05, 3.63) is 20.8 Å². The Balaban J connectivity index is 2.33. The van der Waals surface area contributed by atoms with Gasteiger partial charge in [0.1, 0.15) is 0 Å². The largest absolute Gasteiger partial charge is 0.352 e. The predicted octanol–water partition coefficient (Wildman–Crippen LogP) is 2.65. The number of amides is 1. The molecule has 0 aromatic carbocycles. The zero-order valence-electron chi connectivity index (χ0n) is 7.55. The minimum Gasteiger partial charge on any atom is -0.352 e. The van der Waals surface area contributed by atoms with Gasteiger partial charge in [-0.2, -0.15) is 0 Å². The molecule has 0 unspecified atom stereocenters. The highest BCUT2D eigenvalue weighted by molar-refractivity contribution is 9.11. The fourth-order valence-electron chi connectivity index (χ4n) is 0.924. The number of nitrogens with one attached hydrogen (secondary N) is 1. The minimum absolute atomic E-state index is 0.0380. The van der Waals surface area contributed by atoms with Gasteiger partial charge in [0, 0.05) is 18.3 Å². The number of hydrogen-bond donors (Lipinski definition) is 1. The third kappa shape index (κ3) is 3.52. The van der Waals surface area contributed by atoms with Gasteiger partial charge in [-0.25, -0.2) is 0 Å². The minimum atomic E-state index is -0.0380. The van der Waals surface area contributed by atoms with E-state index < -0.39 is 0 Å². The number of hydrogen-bond acceptors (Lipinski definition) is 2. The van der Waals surface area contributed by atoms with Crippen molar-refractivity contribution < 1.29 is 4.79 Å². The normalized spacial score (nSPS) is 9.43. The molecule has 74 valence electrons. The molecule has 1 heterocycles. The average molecular weight is 272 g/mol. The predicted molar refractivity (Wildman–Crippen MR) is 62.4 cm³/mol. The second-order valence-corrected chi connectivity index (χ2v) is 4.99. The fourth-order valence-corrected chi connectivity index (χ4v) is 2.06. The van der Waals surface area contributed by atoms with Crippen LogP contribution in [0.3, 0.4) is 0 Å². The number of terminal acetylenes is 1. The number of halogens is 1. The molecule has 4 heteroatoms. The van der Waals surface area contributed by atoms with Crippen molar-refractivity contribution in [3.8, 4) is 12.3 Å². The van der Waals surface area contributed by atoms with Gasteiger partial charge in [0.15, 0.2) is 0 Å². The van der Waals surface area contributed by atoms with E-state index >= 15 is 0 Å². The van der Waals surface area contributed by atoms with E-state index in [0.717, 1.165) is 10.2 Å². The molecule has 1 N–H and O–H groups in total. The summed E-state index contributed by atoms with van der Waals surface area (Å²) in [6.45, 7) is 0.635. The number of unbranched alkanes of at least 4 members (excludes halogenated alkanes) is 1. The number of thiophene rings is 1. The average Bonchev–Trinajstić information content (AvgIpc) is 2.59. The maximum atomic E-state index is 11.4. The highest BCUT2D eigenvalue weighted by Gasteiger charge is 2.06.